The summed E-state index contributed by atoms with van der Waals surface area (Å²) in [6.07, 6.45) is 9.50. The zero-order valence-electron chi connectivity index (χ0n) is 8.35. The molecule has 16 heavy (non-hydrogen) atoms. The first-order valence-corrected chi connectivity index (χ1v) is 3.89. The Hall–Kier alpha value is -2.15. The Morgan fingerprint density at radius 3 is 0.688 bits per heavy atom. The van der Waals surface area contributed by atoms with Gasteiger partial charge in [-0.05, 0) is 0 Å². The number of nitrogens with zero attached hydrogens (tertiary/aromatic N) is 6. The third kappa shape index (κ3) is 8.45. The van der Waals surface area contributed by atoms with E-state index in [1.807, 2.05) is 0 Å². The van der Waals surface area contributed by atoms with Crippen LogP contribution in [0.4, 0.5) is 0 Å². The molecule has 3 rings (SSSR count). The molecule has 1 atom stereocenters. The molecule has 0 bridgehead atoms. The first-order chi connectivity index (χ1) is 7.50. The molecular weight excluding hydrogens is 229 g/mol. The normalized spacial score (nSPS) is 7.50. The van der Waals surface area contributed by atoms with Crippen LogP contribution in [0.1, 0.15) is 0 Å². The topological polar surface area (TPSA) is 125 Å². The molecular formula is C6H12N9P. The number of hydrogen-bond acceptors (Lipinski definition) is 6. The van der Waals surface area contributed by atoms with Crippen LogP contribution in [0.15, 0.2) is 37.2 Å². The largest absolute Gasteiger partial charge is 0.198 e. The Morgan fingerprint density at radius 1 is 0.438 bits per heavy atom. The summed E-state index contributed by atoms with van der Waals surface area (Å²) >= 11 is 0. The summed E-state index contributed by atoms with van der Waals surface area (Å²) in [6.45, 7) is 0. The number of aromatic amines is 3. The van der Waals surface area contributed by atoms with Crippen LogP contribution in [0.25, 0.3) is 0 Å². The molecule has 0 aliphatic rings. The van der Waals surface area contributed by atoms with Gasteiger partial charge in [-0.15, -0.1) is 0 Å². The van der Waals surface area contributed by atoms with Crippen LogP contribution in [0, 0.1) is 0 Å². The summed E-state index contributed by atoms with van der Waals surface area (Å²) in [7, 11) is 0. The van der Waals surface area contributed by atoms with Crippen molar-refractivity contribution in [3.63, 3.8) is 0 Å². The van der Waals surface area contributed by atoms with Gasteiger partial charge in [0.15, 0.2) is 0 Å². The van der Waals surface area contributed by atoms with Crippen LogP contribution in [-0.2, 0) is 0 Å². The average molecular weight is 241 g/mol. The minimum atomic E-state index is 0. The summed E-state index contributed by atoms with van der Waals surface area (Å²) in [5, 5.41) is 28.0. The summed E-state index contributed by atoms with van der Waals surface area (Å²) in [5.74, 6) is 0. The van der Waals surface area contributed by atoms with Crippen molar-refractivity contribution in [3.8, 4) is 0 Å². The molecule has 3 aromatic rings. The lowest BCUT2D eigenvalue weighted by Gasteiger charge is -1.48. The van der Waals surface area contributed by atoms with Crippen molar-refractivity contribution in [1.82, 2.24) is 46.2 Å². The van der Waals surface area contributed by atoms with Gasteiger partial charge in [0.2, 0.25) is 0 Å². The van der Waals surface area contributed by atoms with E-state index >= 15 is 0 Å². The van der Waals surface area contributed by atoms with Gasteiger partial charge in [-0.25, -0.2) is 0 Å². The predicted molar refractivity (Wildman–Crippen MR) is 60.3 cm³/mol. The minimum Gasteiger partial charge on any atom is -0.198 e. The van der Waals surface area contributed by atoms with Crippen molar-refractivity contribution >= 4 is 9.90 Å². The van der Waals surface area contributed by atoms with E-state index in [1.165, 1.54) is 0 Å². The third-order valence-electron chi connectivity index (χ3n) is 0.994. The van der Waals surface area contributed by atoms with Gasteiger partial charge in [0.25, 0.3) is 0 Å². The van der Waals surface area contributed by atoms with E-state index in [-0.39, 0.29) is 9.90 Å². The number of H-pyrrole nitrogens is 3. The van der Waals surface area contributed by atoms with Crippen LogP contribution in [0.2, 0.25) is 0 Å². The lowest BCUT2D eigenvalue weighted by molar-refractivity contribution is 0.940. The van der Waals surface area contributed by atoms with Crippen molar-refractivity contribution in [2.24, 2.45) is 0 Å². The molecule has 3 N–H and O–H groups in total. The number of aromatic nitrogens is 9. The number of hydrogen-bond donors (Lipinski definition) is 3. The van der Waals surface area contributed by atoms with Crippen molar-refractivity contribution in [3.05, 3.63) is 37.2 Å². The fourth-order valence-electron chi connectivity index (χ4n) is 0.500. The van der Waals surface area contributed by atoms with Crippen molar-refractivity contribution in [2.45, 2.75) is 0 Å². The highest BCUT2D eigenvalue weighted by molar-refractivity contribution is 6.92. The first kappa shape index (κ1) is 13.8. The standard InChI is InChI=1S/3C2H3N3.H3P/c3*1-2-4-5-3-1;/h3*1-2H,(H,3,4,5);1H3. The fourth-order valence-corrected chi connectivity index (χ4v) is 0.500. The summed E-state index contributed by atoms with van der Waals surface area (Å²) < 4.78 is 0. The van der Waals surface area contributed by atoms with Crippen molar-refractivity contribution in [1.29, 1.82) is 0 Å². The van der Waals surface area contributed by atoms with Crippen LogP contribution < -0.4 is 0 Å². The summed E-state index contributed by atoms with van der Waals surface area (Å²) in [5.41, 5.74) is 0. The summed E-state index contributed by atoms with van der Waals surface area (Å²) in [4.78, 5) is 0. The minimum absolute atomic E-state index is 0. The zero-order chi connectivity index (χ0) is 10.6. The van der Waals surface area contributed by atoms with Gasteiger partial charge in [0.05, 0.1) is 37.2 Å². The van der Waals surface area contributed by atoms with Gasteiger partial charge >= 0.3 is 0 Å². The number of nitrogens with one attached hydrogen (secondary N) is 3. The van der Waals surface area contributed by atoms with Gasteiger partial charge in [-0.1, -0.05) is 0 Å². The van der Waals surface area contributed by atoms with Crippen LogP contribution >= 0.6 is 9.90 Å². The molecule has 3 aromatic heterocycles. The molecule has 0 spiro atoms. The Bertz CT molecular complexity index is 252. The van der Waals surface area contributed by atoms with E-state index in [2.05, 4.69) is 46.2 Å². The average Bonchev–Trinajstić information content (AvgIpc) is 3.09. The predicted octanol–water partition coefficient (Wildman–Crippen LogP) is -0.528. The molecule has 0 aromatic carbocycles. The maximum absolute atomic E-state index is 3.49. The van der Waals surface area contributed by atoms with Crippen molar-refractivity contribution < 1.29 is 0 Å². The van der Waals surface area contributed by atoms with E-state index in [9.17, 15) is 0 Å². The lowest BCUT2D eigenvalue weighted by Crippen LogP contribution is -1.61. The first-order valence-electron chi connectivity index (χ1n) is 3.89. The molecule has 0 aliphatic carbocycles. The molecule has 10 heteroatoms. The highest BCUT2D eigenvalue weighted by Gasteiger charge is 1.58. The second kappa shape index (κ2) is 10.9. The highest BCUT2D eigenvalue weighted by Crippen LogP contribution is 1.56. The lowest BCUT2D eigenvalue weighted by atomic mass is 11.0. The molecule has 9 nitrogen and oxygen atoms in total. The van der Waals surface area contributed by atoms with Gasteiger partial charge in [0.1, 0.15) is 0 Å². The molecule has 3 heterocycles. The quantitative estimate of drug-likeness (QED) is 0.454. The highest BCUT2D eigenvalue weighted by atomic mass is 31.0. The molecule has 0 aliphatic heterocycles. The second-order valence-corrected chi connectivity index (χ2v) is 1.97. The molecule has 86 valence electrons. The monoisotopic (exact) mass is 241 g/mol. The van der Waals surface area contributed by atoms with Crippen LogP contribution in [0.5, 0.6) is 0 Å². The molecule has 0 saturated carbocycles. The third-order valence-corrected chi connectivity index (χ3v) is 0.994. The Labute approximate surface area is 94.1 Å². The smallest absolute Gasteiger partial charge is 0.0690 e. The van der Waals surface area contributed by atoms with E-state index < -0.39 is 0 Å². The maximum atomic E-state index is 3.49. The maximum Gasteiger partial charge on any atom is 0.0690 e. The molecule has 0 fully saturated rings. The van der Waals surface area contributed by atoms with Gasteiger partial charge in [-0.2, -0.15) is 56.1 Å². The molecule has 0 radical (unpaired) electrons. The van der Waals surface area contributed by atoms with E-state index in [0.29, 0.717) is 0 Å². The molecule has 0 saturated heterocycles. The number of rotatable bonds is 0. The zero-order valence-corrected chi connectivity index (χ0v) is 9.77. The van der Waals surface area contributed by atoms with E-state index in [1.54, 1.807) is 37.2 Å². The van der Waals surface area contributed by atoms with Crippen LogP contribution in [0.3, 0.4) is 0 Å². The van der Waals surface area contributed by atoms with Gasteiger partial charge in [-0.3, -0.25) is 0 Å². The Kier molecular flexibility index (Phi) is 9.46. The molecule has 1 unspecified atom stereocenters. The van der Waals surface area contributed by atoms with Crippen molar-refractivity contribution in [2.75, 3.05) is 0 Å². The van der Waals surface area contributed by atoms with Crippen LogP contribution in [-0.4, -0.2) is 46.2 Å². The Balaban J connectivity index is 0.000000205. The second-order valence-electron chi connectivity index (χ2n) is 1.97. The van der Waals surface area contributed by atoms with E-state index in [4.69, 9.17) is 0 Å². The fraction of sp³-hybridized carbons (Fsp3) is 0. The SMILES string of the molecule is P.c1cn[nH]n1.c1cn[nH]n1.c1cn[nH]n1. The summed E-state index contributed by atoms with van der Waals surface area (Å²) in [6, 6.07) is 0. The van der Waals surface area contributed by atoms with E-state index in [0.717, 1.165) is 0 Å². The Morgan fingerprint density at radius 2 is 0.625 bits per heavy atom. The van der Waals surface area contributed by atoms with Gasteiger partial charge in [0, 0.05) is 0 Å². The molecule has 0 amide bonds. The van der Waals surface area contributed by atoms with Gasteiger partial charge < -0.3 is 0 Å².